The van der Waals surface area contributed by atoms with E-state index in [1.807, 2.05) is 22.3 Å². The van der Waals surface area contributed by atoms with Gasteiger partial charge in [0.25, 0.3) is 0 Å². The number of nitrogens with zero attached hydrogens (tertiary/aromatic N) is 2. The fraction of sp³-hybridized carbons (Fsp3) is 0.333. The van der Waals surface area contributed by atoms with Gasteiger partial charge >= 0.3 is 0 Å². The number of carbonyl (C=O) groups is 1. The van der Waals surface area contributed by atoms with Gasteiger partial charge in [-0.25, -0.2) is 0 Å². The molecule has 0 aliphatic heterocycles. The van der Waals surface area contributed by atoms with Crippen molar-refractivity contribution >= 4 is 33.6 Å². The Kier molecular flexibility index (Phi) is 3.79. The van der Waals surface area contributed by atoms with Crippen molar-refractivity contribution in [1.29, 1.82) is 0 Å². The summed E-state index contributed by atoms with van der Waals surface area (Å²) >= 11 is 5.06. The fourth-order valence-electron chi connectivity index (χ4n) is 1.54. The molecule has 0 fully saturated rings. The van der Waals surface area contributed by atoms with Crippen LogP contribution in [0.15, 0.2) is 22.1 Å². The predicted octanol–water partition coefficient (Wildman–Crippen LogP) is 4.16. The maximum absolute atomic E-state index is 11.1. The van der Waals surface area contributed by atoms with Crippen LogP contribution in [0, 0.1) is 0 Å². The summed E-state index contributed by atoms with van der Waals surface area (Å²) in [6.07, 6.45) is 3.68. The summed E-state index contributed by atoms with van der Waals surface area (Å²) in [7, 11) is 0. The number of carbonyl (C=O) groups excluding carboxylic acids is 1. The molecule has 0 aromatic carbocycles. The third-order valence-electron chi connectivity index (χ3n) is 2.76. The van der Waals surface area contributed by atoms with E-state index in [0.717, 1.165) is 27.8 Å². The minimum absolute atomic E-state index is 0.307. The number of thiophene rings is 1. The summed E-state index contributed by atoms with van der Waals surface area (Å²) in [5.41, 5.74) is 1.41. The smallest absolute Gasteiger partial charge is 0.153 e. The molecular formula is C12H13BrN2OS. The molecule has 0 aliphatic carbocycles. The number of halogens is 1. The number of hydrogen-bond acceptors (Lipinski definition) is 3. The van der Waals surface area contributed by atoms with Gasteiger partial charge in [0.2, 0.25) is 0 Å². The molecule has 0 saturated heterocycles. The van der Waals surface area contributed by atoms with Gasteiger partial charge in [0.05, 0.1) is 10.4 Å². The van der Waals surface area contributed by atoms with E-state index >= 15 is 0 Å². The Bertz CT molecular complexity index is 532. The van der Waals surface area contributed by atoms with Gasteiger partial charge in [-0.15, -0.1) is 11.3 Å². The first-order valence-electron chi connectivity index (χ1n) is 5.45. The third-order valence-corrected chi connectivity index (χ3v) is 4.61. The first-order chi connectivity index (χ1) is 8.17. The number of rotatable bonds is 4. The highest BCUT2D eigenvalue weighted by Crippen LogP contribution is 2.34. The van der Waals surface area contributed by atoms with Crippen molar-refractivity contribution in [2.75, 3.05) is 0 Å². The first-order valence-corrected chi connectivity index (χ1v) is 7.12. The van der Waals surface area contributed by atoms with Crippen LogP contribution in [0.5, 0.6) is 0 Å². The van der Waals surface area contributed by atoms with Gasteiger partial charge in [0.1, 0.15) is 5.69 Å². The summed E-state index contributed by atoms with van der Waals surface area (Å²) in [5, 5.41) is 6.50. The van der Waals surface area contributed by atoms with Crippen LogP contribution in [0.1, 0.15) is 36.7 Å². The molecule has 1 unspecified atom stereocenters. The van der Waals surface area contributed by atoms with Crippen molar-refractivity contribution in [2.24, 2.45) is 0 Å². The predicted molar refractivity (Wildman–Crippen MR) is 73.6 cm³/mol. The average molecular weight is 313 g/mol. The lowest BCUT2D eigenvalue weighted by Crippen LogP contribution is -2.03. The van der Waals surface area contributed by atoms with Crippen molar-refractivity contribution < 1.29 is 4.79 Å². The molecule has 3 nitrogen and oxygen atoms in total. The zero-order valence-corrected chi connectivity index (χ0v) is 12.1. The highest BCUT2D eigenvalue weighted by atomic mass is 79.9. The Hall–Kier alpha value is -0.940. The second kappa shape index (κ2) is 5.14. The van der Waals surface area contributed by atoms with E-state index in [4.69, 9.17) is 0 Å². The topological polar surface area (TPSA) is 34.9 Å². The van der Waals surface area contributed by atoms with E-state index in [0.29, 0.717) is 11.6 Å². The molecule has 2 aromatic heterocycles. The zero-order chi connectivity index (χ0) is 12.4. The van der Waals surface area contributed by atoms with Crippen LogP contribution in [0.25, 0.3) is 10.6 Å². The van der Waals surface area contributed by atoms with Crippen LogP contribution in [0.2, 0.25) is 0 Å². The Morgan fingerprint density at radius 1 is 1.65 bits per heavy atom. The second-order valence-electron chi connectivity index (χ2n) is 3.89. The summed E-state index contributed by atoms with van der Waals surface area (Å²) < 4.78 is 2.85. The summed E-state index contributed by atoms with van der Waals surface area (Å²) in [5.74, 6) is 0. The fourth-order valence-corrected chi connectivity index (χ4v) is 3.11. The van der Waals surface area contributed by atoms with Crippen molar-refractivity contribution in [3.05, 3.63) is 27.7 Å². The van der Waals surface area contributed by atoms with E-state index in [1.54, 1.807) is 11.3 Å². The molecule has 0 N–H and O–H groups in total. The van der Waals surface area contributed by atoms with Crippen LogP contribution >= 0.6 is 27.3 Å². The first kappa shape index (κ1) is 12.5. The van der Waals surface area contributed by atoms with Crippen molar-refractivity contribution in [1.82, 2.24) is 9.78 Å². The van der Waals surface area contributed by atoms with Gasteiger partial charge in [0.15, 0.2) is 6.29 Å². The van der Waals surface area contributed by atoms with Gasteiger partial charge in [-0.3, -0.25) is 9.48 Å². The number of hydrogen-bond donors (Lipinski definition) is 0. The monoisotopic (exact) mass is 312 g/mol. The van der Waals surface area contributed by atoms with E-state index in [2.05, 4.69) is 34.9 Å². The highest BCUT2D eigenvalue weighted by Gasteiger charge is 2.16. The van der Waals surface area contributed by atoms with Gasteiger partial charge in [-0.1, -0.05) is 6.92 Å². The number of aldehydes is 1. The molecule has 90 valence electrons. The Morgan fingerprint density at radius 3 is 2.94 bits per heavy atom. The molecule has 2 heterocycles. The van der Waals surface area contributed by atoms with Crippen LogP contribution in [0.3, 0.4) is 0 Å². The van der Waals surface area contributed by atoms with Crippen molar-refractivity contribution in [2.45, 2.75) is 26.3 Å². The molecule has 2 rings (SSSR count). The van der Waals surface area contributed by atoms with E-state index in [1.165, 1.54) is 0 Å². The molecule has 5 heteroatoms. The lowest BCUT2D eigenvalue weighted by molar-refractivity contribution is 0.112. The van der Waals surface area contributed by atoms with E-state index in [-0.39, 0.29) is 0 Å². The molecule has 0 saturated carbocycles. The van der Waals surface area contributed by atoms with Crippen molar-refractivity contribution in [3.63, 3.8) is 0 Å². The maximum Gasteiger partial charge on any atom is 0.153 e. The van der Waals surface area contributed by atoms with Gasteiger partial charge in [-0.05, 0) is 40.7 Å². The number of aromatic nitrogens is 2. The molecule has 0 aliphatic rings. The van der Waals surface area contributed by atoms with E-state index in [9.17, 15) is 4.79 Å². The molecule has 17 heavy (non-hydrogen) atoms. The zero-order valence-electron chi connectivity index (χ0n) is 9.68. The molecule has 0 radical (unpaired) electrons. The normalized spacial score (nSPS) is 12.6. The quantitative estimate of drug-likeness (QED) is 0.795. The van der Waals surface area contributed by atoms with Crippen molar-refractivity contribution in [3.8, 4) is 10.6 Å². The van der Waals surface area contributed by atoms with Crippen LogP contribution in [0.4, 0.5) is 0 Å². The second-order valence-corrected chi connectivity index (χ2v) is 5.66. The molecular weight excluding hydrogens is 300 g/mol. The van der Waals surface area contributed by atoms with Gasteiger partial charge < -0.3 is 0 Å². The third kappa shape index (κ3) is 2.35. The van der Waals surface area contributed by atoms with Gasteiger partial charge in [0, 0.05) is 16.7 Å². The lowest BCUT2D eigenvalue weighted by atomic mass is 10.2. The highest BCUT2D eigenvalue weighted by molar-refractivity contribution is 9.10. The van der Waals surface area contributed by atoms with Crippen LogP contribution in [-0.4, -0.2) is 16.1 Å². The minimum Gasteiger partial charge on any atom is -0.298 e. The standard InChI is InChI=1S/C12H13BrN2OS/c1-3-8(2)15-6-9(7-16)11(14-15)12-10(13)4-5-17-12/h4-8H,3H2,1-2H3. The van der Waals surface area contributed by atoms with Gasteiger partial charge in [-0.2, -0.15) is 5.10 Å². The van der Waals surface area contributed by atoms with Crippen LogP contribution in [-0.2, 0) is 0 Å². The maximum atomic E-state index is 11.1. The molecule has 2 aromatic rings. The largest absolute Gasteiger partial charge is 0.298 e. The summed E-state index contributed by atoms with van der Waals surface area (Å²) in [6, 6.07) is 2.28. The summed E-state index contributed by atoms with van der Waals surface area (Å²) in [4.78, 5) is 12.1. The average Bonchev–Trinajstić information content (AvgIpc) is 2.93. The van der Waals surface area contributed by atoms with Crippen LogP contribution < -0.4 is 0 Å². The Labute approximate surface area is 113 Å². The molecule has 1 atom stereocenters. The SMILES string of the molecule is CCC(C)n1cc(C=O)c(-c2sccc2Br)n1. The molecule has 0 amide bonds. The molecule has 0 bridgehead atoms. The Balaban J connectivity index is 2.50. The van der Waals surface area contributed by atoms with E-state index < -0.39 is 0 Å². The Morgan fingerprint density at radius 2 is 2.41 bits per heavy atom. The lowest BCUT2D eigenvalue weighted by Gasteiger charge is -2.07. The minimum atomic E-state index is 0.307. The molecule has 0 spiro atoms. The summed E-state index contributed by atoms with van der Waals surface area (Å²) in [6.45, 7) is 4.20.